The van der Waals surface area contributed by atoms with Crippen LogP contribution in [0.5, 0.6) is 0 Å². The number of hydrogen-bond acceptors (Lipinski definition) is 2. The maximum Gasteiger partial charge on any atom is 0.305 e. The molecule has 0 aliphatic carbocycles. The van der Waals surface area contributed by atoms with Crippen LogP contribution in [0, 0.1) is 5.92 Å². The Hall–Kier alpha value is -0.570. The largest absolute Gasteiger partial charge is 0.481 e. The first-order chi connectivity index (χ1) is 4.83. The van der Waals surface area contributed by atoms with Gasteiger partial charge in [-0.15, -0.1) is 0 Å². The molecule has 0 heterocycles. The molecule has 11 heavy (non-hydrogen) atoms. The zero-order valence-corrected chi connectivity index (χ0v) is 7.42. The molecule has 0 amide bonds. The lowest BCUT2D eigenvalue weighted by Crippen LogP contribution is -2.39. The lowest BCUT2D eigenvalue weighted by molar-refractivity contribution is -0.138. The second-order valence-corrected chi connectivity index (χ2v) is 3.82. The molecule has 0 fully saturated rings. The van der Waals surface area contributed by atoms with E-state index < -0.39 is 11.5 Å². The Labute approximate surface area is 67.6 Å². The number of carbonyl (C=O) groups is 1. The van der Waals surface area contributed by atoms with Gasteiger partial charge in [-0.25, -0.2) is 0 Å². The molecule has 0 aliphatic heterocycles. The molecule has 0 bridgehead atoms. The fraction of sp³-hybridized carbons (Fsp3) is 0.875. The minimum atomic E-state index is -0.823. The Morgan fingerprint density at radius 3 is 2.36 bits per heavy atom. The highest BCUT2D eigenvalue weighted by atomic mass is 16.4. The van der Waals surface area contributed by atoms with Crippen molar-refractivity contribution in [3.63, 3.8) is 0 Å². The van der Waals surface area contributed by atoms with Gasteiger partial charge in [0.25, 0.3) is 0 Å². The van der Waals surface area contributed by atoms with Crippen LogP contribution in [0.25, 0.3) is 0 Å². The minimum Gasteiger partial charge on any atom is -0.481 e. The summed E-state index contributed by atoms with van der Waals surface area (Å²) in [5, 5.41) is 8.48. The number of rotatable bonds is 4. The van der Waals surface area contributed by atoms with E-state index >= 15 is 0 Å². The average Bonchev–Trinajstić information content (AvgIpc) is 1.53. The van der Waals surface area contributed by atoms with Gasteiger partial charge in [0.2, 0.25) is 0 Å². The Balaban J connectivity index is 3.89. The van der Waals surface area contributed by atoms with Crippen LogP contribution in [0.15, 0.2) is 0 Å². The molecule has 66 valence electrons. The van der Waals surface area contributed by atoms with Crippen molar-refractivity contribution in [3.05, 3.63) is 0 Å². The Kier molecular flexibility index (Phi) is 3.52. The summed E-state index contributed by atoms with van der Waals surface area (Å²) in [6, 6.07) is 0. The van der Waals surface area contributed by atoms with Crippen LogP contribution in [0.3, 0.4) is 0 Å². The first-order valence-corrected chi connectivity index (χ1v) is 3.84. The van der Waals surface area contributed by atoms with Crippen molar-refractivity contribution in [3.8, 4) is 0 Å². The van der Waals surface area contributed by atoms with Crippen LogP contribution in [0.1, 0.15) is 33.6 Å². The number of hydrogen-bond donors (Lipinski definition) is 2. The molecule has 0 aromatic rings. The zero-order valence-electron chi connectivity index (χ0n) is 7.42. The van der Waals surface area contributed by atoms with Crippen LogP contribution in [0.4, 0.5) is 0 Å². The lowest BCUT2D eigenvalue weighted by atomic mass is 9.89. The fourth-order valence-corrected chi connectivity index (χ4v) is 1.35. The summed E-state index contributed by atoms with van der Waals surface area (Å²) in [5.41, 5.74) is 5.18. The summed E-state index contributed by atoms with van der Waals surface area (Å²) < 4.78 is 0. The molecule has 0 saturated carbocycles. The van der Waals surface area contributed by atoms with E-state index in [1.807, 2.05) is 13.8 Å². The molecule has 1 unspecified atom stereocenters. The second kappa shape index (κ2) is 3.72. The maximum absolute atomic E-state index is 10.3. The lowest BCUT2D eigenvalue weighted by Gasteiger charge is -2.24. The molecular formula is C8H17NO2. The molecule has 1 atom stereocenters. The number of carboxylic acid groups (broad SMARTS) is 1. The molecule has 3 heteroatoms. The molecule has 3 nitrogen and oxygen atoms in total. The van der Waals surface area contributed by atoms with E-state index in [2.05, 4.69) is 0 Å². The summed E-state index contributed by atoms with van der Waals surface area (Å²) in [6.45, 7) is 5.85. The van der Waals surface area contributed by atoms with Crippen molar-refractivity contribution in [2.45, 2.75) is 39.2 Å². The standard InChI is InChI=1S/C8H17NO2/c1-6(2)4-8(3,9)5-7(10)11/h6H,4-5,9H2,1-3H3,(H,10,11). The number of nitrogens with two attached hydrogens (primary N) is 1. The van der Waals surface area contributed by atoms with E-state index in [4.69, 9.17) is 10.8 Å². The van der Waals surface area contributed by atoms with Gasteiger partial charge in [0.1, 0.15) is 0 Å². The second-order valence-electron chi connectivity index (χ2n) is 3.82. The normalized spacial score (nSPS) is 16.5. The molecule has 3 N–H and O–H groups in total. The molecule has 0 saturated heterocycles. The van der Waals surface area contributed by atoms with Crippen LogP contribution in [0.2, 0.25) is 0 Å². The first kappa shape index (κ1) is 10.4. The summed E-state index contributed by atoms with van der Waals surface area (Å²) in [4.78, 5) is 10.3. The highest BCUT2D eigenvalue weighted by Crippen LogP contribution is 2.16. The van der Waals surface area contributed by atoms with E-state index in [0.29, 0.717) is 5.92 Å². The van der Waals surface area contributed by atoms with Gasteiger partial charge < -0.3 is 10.8 Å². The molecule has 0 radical (unpaired) electrons. The summed E-state index contributed by atoms with van der Waals surface area (Å²) in [7, 11) is 0. The third-order valence-electron chi connectivity index (χ3n) is 1.43. The molecule has 0 aromatic heterocycles. The minimum absolute atomic E-state index is 0.0468. The predicted octanol–water partition coefficient (Wildman–Crippen LogP) is 1.22. The molecule has 0 aliphatic rings. The van der Waals surface area contributed by atoms with Crippen LogP contribution in [-0.2, 0) is 4.79 Å². The summed E-state index contributed by atoms with van der Waals surface area (Å²) in [6.07, 6.45) is 0.796. The molecule has 0 rings (SSSR count). The number of carboxylic acids is 1. The van der Waals surface area contributed by atoms with E-state index in [9.17, 15) is 4.79 Å². The van der Waals surface area contributed by atoms with Crippen molar-refractivity contribution in [1.82, 2.24) is 0 Å². The highest BCUT2D eigenvalue weighted by Gasteiger charge is 2.22. The SMILES string of the molecule is CC(C)CC(C)(N)CC(=O)O. The van der Waals surface area contributed by atoms with E-state index in [-0.39, 0.29) is 6.42 Å². The van der Waals surface area contributed by atoms with Gasteiger partial charge in [-0.1, -0.05) is 13.8 Å². The van der Waals surface area contributed by atoms with Crippen molar-refractivity contribution >= 4 is 5.97 Å². The zero-order chi connectivity index (χ0) is 9.07. The summed E-state index contributed by atoms with van der Waals surface area (Å²) >= 11 is 0. The fourth-order valence-electron chi connectivity index (χ4n) is 1.35. The maximum atomic E-state index is 10.3. The van der Waals surface area contributed by atoms with Gasteiger partial charge in [-0.05, 0) is 19.3 Å². The smallest absolute Gasteiger partial charge is 0.305 e. The van der Waals surface area contributed by atoms with Gasteiger partial charge in [0.15, 0.2) is 0 Å². The van der Waals surface area contributed by atoms with Gasteiger partial charge in [0, 0.05) is 5.54 Å². The van der Waals surface area contributed by atoms with Crippen molar-refractivity contribution < 1.29 is 9.90 Å². The molecule has 0 aromatic carbocycles. The van der Waals surface area contributed by atoms with Crippen LogP contribution >= 0.6 is 0 Å². The Morgan fingerprint density at radius 2 is 2.09 bits per heavy atom. The van der Waals surface area contributed by atoms with Crippen molar-refractivity contribution in [2.75, 3.05) is 0 Å². The van der Waals surface area contributed by atoms with Crippen LogP contribution in [-0.4, -0.2) is 16.6 Å². The molecule has 0 spiro atoms. The van der Waals surface area contributed by atoms with E-state index in [1.54, 1.807) is 6.92 Å². The molecular weight excluding hydrogens is 142 g/mol. The van der Waals surface area contributed by atoms with Crippen molar-refractivity contribution in [1.29, 1.82) is 0 Å². The predicted molar refractivity (Wildman–Crippen MR) is 44.3 cm³/mol. The van der Waals surface area contributed by atoms with Gasteiger partial charge >= 0.3 is 5.97 Å². The van der Waals surface area contributed by atoms with E-state index in [0.717, 1.165) is 6.42 Å². The monoisotopic (exact) mass is 159 g/mol. The van der Waals surface area contributed by atoms with E-state index in [1.165, 1.54) is 0 Å². The quantitative estimate of drug-likeness (QED) is 0.648. The third-order valence-corrected chi connectivity index (χ3v) is 1.43. The topological polar surface area (TPSA) is 63.3 Å². The Morgan fingerprint density at radius 1 is 1.64 bits per heavy atom. The van der Waals surface area contributed by atoms with Gasteiger partial charge in [0.05, 0.1) is 6.42 Å². The van der Waals surface area contributed by atoms with Gasteiger partial charge in [-0.3, -0.25) is 4.79 Å². The Bertz CT molecular complexity index is 141. The van der Waals surface area contributed by atoms with Crippen LogP contribution < -0.4 is 5.73 Å². The average molecular weight is 159 g/mol. The summed E-state index contributed by atoms with van der Waals surface area (Å²) in [5.74, 6) is -0.375. The first-order valence-electron chi connectivity index (χ1n) is 3.84. The van der Waals surface area contributed by atoms with Gasteiger partial charge in [-0.2, -0.15) is 0 Å². The highest BCUT2D eigenvalue weighted by molar-refractivity contribution is 5.68. The van der Waals surface area contributed by atoms with Crippen molar-refractivity contribution in [2.24, 2.45) is 11.7 Å². The number of aliphatic carboxylic acids is 1. The third kappa shape index (κ3) is 5.85.